The lowest BCUT2D eigenvalue weighted by atomic mass is 10.1. The van der Waals surface area contributed by atoms with Crippen molar-refractivity contribution in [1.82, 2.24) is 20.8 Å². The number of amides is 3. The van der Waals surface area contributed by atoms with E-state index in [1.807, 2.05) is 32.0 Å². The molecule has 7 nitrogen and oxygen atoms in total. The number of carbonyl (C=O) groups excluding carboxylic acids is 2. The van der Waals surface area contributed by atoms with E-state index in [0.717, 1.165) is 22.9 Å². The first-order chi connectivity index (χ1) is 11.5. The Morgan fingerprint density at radius 2 is 2.08 bits per heavy atom. The first kappa shape index (κ1) is 17.7. The molecule has 0 radical (unpaired) electrons. The summed E-state index contributed by atoms with van der Waals surface area (Å²) in [6, 6.07) is 5.29. The van der Waals surface area contributed by atoms with Crippen molar-refractivity contribution in [2.75, 3.05) is 12.3 Å². The zero-order valence-electron chi connectivity index (χ0n) is 13.5. The summed E-state index contributed by atoms with van der Waals surface area (Å²) >= 11 is 1.06. The molecule has 0 saturated heterocycles. The van der Waals surface area contributed by atoms with Crippen LogP contribution in [0.1, 0.15) is 11.1 Å². The highest BCUT2D eigenvalue weighted by Crippen LogP contribution is 2.24. The summed E-state index contributed by atoms with van der Waals surface area (Å²) in [5.41, 5.74) is 3.13. The minimum Gasteiger partial charge on any atom is -0.411 e. The van der Waals surface area contributed by atoms with E-state index in [1.165, 1.54) is 11.6 Å². The highest BCUT2D eigenvalue weighted by atomic mass is 32.2. The lowest BCUT2D eigenvalue weighted by Crippen LogP contribution is -2.40. The molecule has 1 heterocycles. The van der Waals surface area contributed by atoms with E-state index in [9.17, 15) is 9.59 Å². The Morgan fingerprint density at radius 1 is 1.29 bits per heavy atom. The maximum Gasteiger partial charge on any atom is 0.321 e. The van der Waals surface area contributed by atoms with Gasteiger partial charge in [0.15, 0.2) is 0 Å². The van der Waals surface area contributed by atoms with Crippen molar-refractivity contribution in [2.45, 2.75) is 19.1 Å². The van der Waals surface area contributed by atoms with Gasteiger partial charge in [-0.3, -0.25) is 10.1 Å². The SMILES string of the molecule is C=CCNC(=O)NC(=O)CSc1nnc(-c2ccc(C)c(C)c2)o1. The fraction of sp³-hybridized carbons (Fsp3) is 0.250. The first-order valence-corrected chi connectivity index (χ1v) is 8.20. The van der Waals surface area contributed by atoms with Gasteiger partial charge in [-0.1, -0.05) is 23.9 Å². The molecule has 126 valence electrons. The molecule has 2 N–H and O–H groups in total. The van der Waals surface area contributed by atoms with Crippen molar-refractivity contribution in [3.63, 3.8) is 0 Å². The van der Waals surface area contributed by atoms with Crippen LogP contribution in [-0.2, 0) is 4.79 Å². The summed E-state index contributed by atoms with van der Waals surface area (Å²) in [6.07, 6.45) is 1.52. The molecule has 0 unspecified atom stereocenters. The van der Waals surface area contributed by atoms with Gasteiger partial charge in [0.1, 0.15) is 0 Å². The quantitative estimate of drug-likeness (QED) is 0.616. The highest BCUT2D eigenvalue weighted by molar-refractivity contribution is 7.99. The summed E-state index contributed by atoms with van der Waals surface area (Å²) in [4.78, 5) is 23.0. The van der Waals surface area contributed by atoms with Crippen LogP contribution in [-0.4, -0.2) is 34.4 Å². The van der Waals surface area contributed by atoms with Crippen molar-refractivity contribution in [1.29, 1.82) is 0 Å². The number of rotatable bonds is 6. The number of imide groups is 1. The largest absolute Gasteiger partial charge is 0.411 e. The molecule has 0 saturated carbocycles. The van der Waals surface area contributed by atoms with E-state index in [2.05, 4.69) is 27.4 Å². The second-order valence-corrected chi connectivity index (χ2v) is 5.93. The Bertz CT molecular complexity index is 758. The van der Waals surface area contributed by atoms with Gasteiger partial charge >= 0.3 is 6.03 Å². The summed E-state index contributed by atoms with van der Waals surface area (Å²) in [5, 5.41) is 12.8. The Labute approximate surface area is 143 Å². The van der Waals surface area contributed by atoms with Gasteiger partial charge in [-0.05, 0) is 37.1 Å². The molecule has 8 heteroatoms. The number of hydrogen-bond donors (Lipinski definition) is 2. The van der Waals surface area contributed by atoms with E-state index in [4.69, 9.17) is 4.42 Å². The van der Waals surface area contributed by atoms with Gasteiger partial charge in [0.2, 0.25) is 11.8 Å². The van der Waals surface area contributed by atoms with Gasteiger partial charge in [-0.15, -0.1) is 16.8 Å². The Hall–Kier alpha value is -2.61. The van der Waals surface area contributed by atoms with Gasteiger partial charge in [0.25, 0.3) is 5.22 Å². The number of carbonyl (C=O) groups is 2. The fourth-order valence-electron chi connectivity index (χ4n) is 1.76. The van der Waals surface area contributed by atoms with Gasteiger partial charge < -0.3 is 9.73 Å². The summed E-state index contributed by atoms with van der Waals surface area (Å²) in [7, 11) is 0. The topological polar surface area (TPSA) is 97.1 Å². The minimum atomic E-state index is -0.568. The monoisotopic (exact) mass is 346 g/mol. The normalized spacial score (nSPS) is 10.2. The van der Waals surface area contributed by atoms with Gasteiger partial charge in [0, 0.05) is 12.1 Å². The molecule has 3 amide bonds. The molecule has 0 aliphatic carbocycles. The first-order valence-electron chi connectivity index (χ1n) is 7.22. The molecule has 0 aliphatic rings. The number of aromatic nitrogens is 2. The van der Waals surface area contributed by atoms with Crippen LogP contribution in [0.25, 0.3) is 11.5 Å². The predicted octanol–water partition coefficient (Wildman–Crippen LogP) is 2.46. The third-order valence-corrected chi connectivity index (χ3v) is 3.97. The van der Waals surface area contributed by atoms with Crippen LogP contribution in [0.15, 0.2) is 40.5 Å². The number of thioether (sulfide) groups is 1. The Kier molecular flexibility index (Phi) is 6.14. The fourth-order valence-corrected chi connectivity index (χ4v) is 2.32. The molecule has 24 heavy (non-hydrogen) atoms. The van der Waals surface area contributed by atoms with Crippen LogP contribution in [0.5, 0.6) is 0 Å². The molecule has 1 aromatic carbocycles. The van der Waals surface area contributed by atoms with E-state index in [1.54, 1.807) is 0 Å². The maximum atomic E-state index is 11.6. The molecule has 0 fully saturated rings. The lowest BCUT2D eigenvalue weighted by molar-refractivity contribution is -0.117. The van der Waals surface area contributed by atoms with Crippen LogP contribution >= 0.6 is 11.8 Å². The third-order valence-electron chi connectivity index (χ3n) is 3.15. The van der Waals surface area contributed by atoms with E-state index in [0.29, 0.717) is 5.89 Å². The molecular formula is C16H18N4O3S. The standard InChI is InChI=1S/C16H18N4O3S/c1-4-7-17-15(22)18-13(21)9-24-16-20-19-14(23-16)12-6-5-10(2)11(3)8-12/h4-6,8H,1,7,9H2,2-3H3,(H2,17,18,21,22). The molecule has 0 atom stereocenters. The zero-order chi connectivity index (χ0) is 17.5. The Morgan fingerprint density at radius 3 is 2.79 bits per heavy atom. The van der Waals surface area contributed by atoms with Crippen molar-refractivity contribution in [3.8, 4) is 11.5 Å². The van der Waals surface area contributed by atoms with Crippen LogP contribution in [0, 0.1) is 13.8 Å². The third kappa shape index (κ3) is 4.95. The lowest BCUT2D eigenvalue weighted by Gasteiger charge is -2.03. The number of benzene rings is 1. The molecule has 2 rings (SSSR count). The Balaban J connectivity index is 1.89. The smallest absolute Gasteiger partial charge is 0.321 e. The van der Waals surface area contributed by atoms with Crippen LogP contribution < -0.4 is 10.6 Å². The number of urea groups is 1. The number of nitrogens with one attached hydrogen (secondary N) is 2. The average molecular weight is 346 g/mol. The second-order valence-electron chi connectivity index (χ2n) is 5.01. The van der Waals surface area contributed by atoms with Crippen LogP contribution in [0.3, 0.4) is 0 Å². The van der Waals surface area contributed by atoms with Crippen molar-refractivity contribution < 1.29 is 14.0 Å². The maximum absolute atomic E-state index is 11.6. The average Bonchev–Trinajstić information content (AvgIpc) is 3.02. The van der Waals surface area contributed by atoms with Gasteiger partial charge in [0.05, 0.1) is 5.75 Å². The molecule has 1 aromatic heterocycles. The summed E-state index contributed by atoms with van der Waals surface area (Å²) in [5.74, 6) is -0.0620. The summed E-state index contributed by atoms with van der Waals surface area (Å²) < 4.78 is 5.53. The van der Waals surface area contributed by atoms with Crippen molar-refractivity contribution in [3.05, 3.63) is 42.0 Å². The molecule has 0 bridgehead atoms. The number of nitrogens with zero attached hydrogens (tertiary/aromatic N) is 2. The molecule has 0 aliphatic heterocycles. The zero-order valence-corrected chi connectivity index (χ0v) is 14.3. The minimum absolute atomic E-state index is 0.00390. The van der Waals surface area contributed by atoms with Crippen molar-refractivity contribution >= 4 is 23.7 Å². The number of aryl methyl sites for hydroxylation is 2. The van der Waals surface area contributed by atoms with Crippen molar-refractivity contribution in [2.24, 2.45) is 0 Å². The van der Waals surface area contributed by atoms with E-state index in [-0.39, 0.29) is 17.5 Å². The van der Waals surface area contributed by atoms with Crippen LogP contribution in [0.2, 0.25) is 0 Å². The van der Waals surface area contributed by atoms with Crippen LogP contribution in [0.4, 0.5) is 4.79 Å². The molecule has 2 aromatic rings. The summed E-state index contributed by atoms with van der Waals surface area (Å²) in [6.45, 7) is 7.79. The molecular weight excluding hydrogens is 328 g/mol. The van der Waals surface area contributed by atoms with E-state index < -0.39 is 11.9 Å². The van der Waals surface area contributed by atoms with Gasteiger partial charge in [-0.25, -0.2) is 4.79 Å². The highest BCUT2D eigenvalue weighted by Gasteiger charge is 2.13. The molecule has 0 spiro atoms. The number of hydrogen-bond acceptors (Lipinski definition) is 6. The van der Waals surface area contributed by atoms with E-state index >= 15 is 0 Å². The second kappa shape index (κ2) is 8.30. The predicted molar refractivity (Wildman–Crippen MR) is 91.7 cm³/mol. The van der Waals surface area contributed by atoms with Gasteiger partial charge in [-0.2, -0.15) is 0 Å².